The number of unbranched alkanes of at least 4 members (excludes halogenated alkanes) is 3. The van der Waals surface area contributed by atoms with Crippen LogP contribution >= 0.6 is 0 Å². The van der Waals surface area contributed by atoms with Crippen LogP contribution in [0, 0.1) is 0 Å². The summed E-state index contributed by atoms with van der Waals surface area (Å²) in [5.41, 5.74) is 4.46. The highest BCUT2D eigenvalue weighted by Gasteiger charge is 2.24. The van der Waals surface area contributed by atoms with Crippen LogP contribution in [0.3, 0.4) is 0 Å². The molecular formula is C38H44N2O4. The third-order valence-corrected chi connectivity index (χ3v) is 8.21. The van der Waals surface area contributed by atoms with Gasteiger partial charge in [0.2, 0.25) is 0 Å². The van der Waals surface area contributed by atoms with Crippen molar-refractivity contribution in [1.29, 1.82) is 0 Å². The molecule has 44 heavy (non-hydrogen) atoms. The summed E-state index contributed by atoms with van der Waals surface area (Å²) in [5, 5.41) is 5.62. The SMILES string of the molecule is CC(C)(c1ccccc1)c1ccc(OC(=O)NCCCCCCNC(=O)Oc2ccc(C(C)(C)c3ccccc3)cc2)cc1. The molecule has 6 nitrogen and oxygen atoms in total. The molecule has 0 heterocycles. The molecule has 0 unspecified atom stereocenters. The summed E-state index contributed by atoms with van der Waals surface area (Å²) in [6, 6.07) is 36.0. The zero-order valence-corrected chi connectivity index (χ0v) is 26.3. The van der Waals surface area contributed by atoms with E-state index < -0.39 is 12.2 Å². The van der Waals surface area contributed by atoms with Gasteiger partial charge in [0, 0.05) is 23.9 Å². The van der Waals surface area contributed by atoms with Crippen LogP contribution in [0.4, 0.5) is 9.59 Å². The van der Waals surface area contributed by atoms with E-state index in [1.54, 1.807) is 0 Å². The molecule has 4 rings (SSSR count). The maximum absolute atomic E-state index is 12.2. The number of hydrogen-bond acceptors (Lipinski definition) is 4. The lowest BCUT2D eigenvalue weighted by molar-refractivity contribution is 0.198. The Hall–Kier alpha value is -4.58. The Morgan fingerprint density at radius 1 is 0.477 bits per heavy atom. The topological polar surface area (TPSA) is 76.7 Å². The minimum absolute atomic E-state index is 0.148. The number of hydrogen-bond donors (Lipinski definition) is 2. The zero-order valence-electron chi connectivity index (χ0n) is 26.3. The highest BCUT2D eigenvalue weighted by Crippen LogP contribution is 2.33. The number of carbonyl (C=O) groups excluding carboxylic acids is 2. The number of benzene rings is 4. The van der Waals surface area contributed by atoms with Crippen molar-refractivity contribution in [3.63, 3.8) is 0 Å². The number of nitrogens with one attached hydrogen (secondary N) is 2. The van der Waals surface area contributed by atoms with Gasteiger partial charge in [0.05, 0.1) is 0 Å². The minimum Gasteiger partial charge on any atom is -0.410 e. The van der Waals surface area contributed by atoms with Crippen LogP contribution in [0.5, 0.6) is 11.5 Å². The molecule has 6 heteroatoms. The van der Waals surface area contributed by atoms with E-state index in [0.29, 0.717) is 24.6 Å². The molecule has 0 radical (unpaired) electrons. The van der Waals surface area contributed by atoms with E-state index in [4.69, 9.17) is 9.47 Å². The number of carbonyl (C=O) groups is 2. The average molecular weight is 593 g/mol. The Balaban J connectivity index is 1.07. The quantitative estimate of drug-likeness (QED) is 0.152. The number of amides is 2. The Morgan fingerprint density at radius 2 is 0.795 bits per heavy atom. The summed E-state index contributed by atoms with van der Waals surface area (Å²) in [5.74, 6) is 1.03. The molecule has 0 aliphatic carbocycles. The molecular weight excluding hydrogens is 548 g/mol. The largest absolute Gasteiger partial charge is 0.412 e. The predicted molar refractivity (Wildman–Crippen MR) is 177 cm³/mol. The molecule has 0 saturated heterocycles. The Bertz CT molecular complexity index is 1350. The summed E-state index contributed by atoms with van der Waals surface area (Å²) < 4.78 is 10.9. The first-order valence-electron chi connectivity index (χ1n) is 15.4. The Labute approximate surface area is 261 Å². The summed E-state index contributed by atoms with van der Waals surface area (Å²) in [6.45, 7) is 9.79. The summed E-state index contributed by atoms with van der Waals surface area (Å²) >= 11 is 0. The van der Waals surface area contributed by atoms with Gasteiger partial charge >= 0.3 is 12.2 Å². The molecule has 0 aliphatic heterocycles. The van der Waals surface area contributed by atoms with Crippen LogP contribution < -0.4 is 20.1 Å². The molecule has 0 aromatic heterocycles. The predicted octanol–water partition coefficient (Wildman–Crippen LogP) is 8.78. The van der Waals surface area contributed by atoms with Gasteiger partial charge in [-0.05, 0) is 59.4 Å². The third kappa shape index (κ3) is 8.96. The molecule has 0 atom stereocenters. The number of ether oxygens (including phenoxy) is 2. The van der Waals surface area contributed by atoms with Crippen LogP contribution in [0.2, 0.25) is 0 Å². The molecule has 0 aliphatic rings. The Morgan fingerprint density at radius 3 is 1.14 bits per heavy atom. The van der Waals surface area contributed by atoms with Crippen molar-refractivity contribution in [3.05, 3.63) is 131 Å². The lowest BCUT2D eigenvalue weighted by Crippen LogP contribution is -2.28. The van der Waals surface area contributed by atoms with Crippen LogP contribution in [0.25, 0.3) is 0 Å². The average Bonchev–Trinajstić information content (AvgIpc) is 3.03. The fourth-order valence-corrected chi connectivity index (χ4v) is 5.19. The second kappa shape index (κ2) is 15.2. The van der Waals surface area contributed by atoms with Crippen molar-refractivity contribution in [2.75, 3.05) is 13.1 Å². The maximum Gasteiger partial charge on any atom is 0.412 e. The summed E-state index contributed by atoms with van der Waals surface area (Å²) in [6.07, 6.45) is 2.60. The van der Waals surface area contributed by atoms with Gasteiger partial charge in [0.25, 0.3) is 0 Å². The lowest BCUT2D eigenvalue weighted by atomic mass is 9.78. The second-order valence-corrected chi connectivity index (χ2v) is 12.1. The van der Waals surface area contributed by atoms with Gasteiger partial charge in [-0.15, -0.1) is 0 Å². The van der Waals surface area contributed by atoms with Gasteiger partial charge in [-0.25, -0.2) is 9.59 Å². The number of rotatable bonds is 13. The van der Waals surface area contributed by atoms with Gasteiger partial charge in [0.15, 0.2) is 0 Å². The van der Waals surface area contributed by atoms with Gasteiger partial charge in [-0.1, -0.05) is 125 Å². The molecule has 0 spiro atoms. The molecule has 4 aromatic carbocycles. The zero-order chi connectivity index (χ0) is 31.4. The molecule has 0 bridgehead atoms. The first-order chi connectivity index (χ1) is 21.2. The van der Waals surface area contributed by atoms with Gasteiger partial charge in [-0.3, -0.25) is 0 Å². The summed E-state index contributed by atoms with van der Waals surface area (Å²) in [4.78, 5) is 24.4. The van der Waals surface area contributed by atoms with E-state index in [-0.39, 0.29) is 10.8 Å². The molecule has 4 aromatic rings. The van der Waals surface area contributed by atoms with E-state index in [0.717, 1.165) is 36.8 Å². The van der Waals surface area contributed by atoms with Crippen molar-refractivity contribution in [3.8, 4) is 11.5 Å². The molecule has 2 N–H and O–H groups in total. The highest BCUT2D eigenvalue weighted by molar-refractivity contribution is 5.70. The van der Waals surface area contributed by atoms with Crippen LogP contribution in [0.1, 0.15) is 75.6 Å². The fraction of sp³-hybridized carbons (Fsp3) is 0.316. The van der Waals surface area contributed by atoms with Crippen molar-refractivity contribution in [1.82, 2.24) is 10.6 Å². The highest BCUT2D eigenvalue weighted by atomic mass is 16.6. The van der Waals surface area contributed by atoms with Crippen molar-refractivity contribution in [2.24, 2.45) is 0 Å². The van der Waals surface area contributed by atoms with Crippen LogP contribution in [0.15, 0.2) is 109 Å². The summed E-state index contributed by atoms with van der Waals surface area (Å²) in [7, 11) is 0. The monoisotopic (exact) mass is 592 g/mol. The molecule has 0 saturated carbocycles. The minimum atomic E-state index is -0.457. The van der Waals surface area contributed by atoms with Gasteiger partial charge in [-0.2, -0.15) is 0 Å². The van der Waals surface area contributed by atoms with Crippen molar-refractivity contribution < 1.29 is 19.1 Å². The van der Waals surface area contributed by atoms with Crippen molar-refractivity contribution >= 4 is 12.2 Å². The smallest absolute Gasteiger partial charge is 0.410 e. The Kier molecular flexibility index (Phi) is 11.2. The van der Waals surface area contributed by atoms with Crippen LogP contribution in [-0.4, -0.2) is 25.3 Å². The standard InChI is InChI=1S/C38H44N2O4/c1-37(2,29-15-9-7-10-16-29)31-19-23-33(24-20-31)43-35(41)39-27-13-5-6-14-28-40-36(42)44-34-25-21-32(22-26-34)38(3,4)30-17-11-8-12-18-30/h7-12,15-26H,5-6,13-14,27-28H2,1-4H3,(H,39,41)(H,40,42). The van der Waals surface area contributed by atoms with E-state index in [1.165, 1.54) is 11.1 Å². The molecule has 2 amide bonds. The van der Waals surface area contributed by atoms with E-state index in [1.807, 2.05) is 84.9 Å². The van der Waals surface area contributed by atoms with Crippen molar-refractivity contribution in [2.45, 2.75) is 64.2 Å². The first-order valence-corrected chi connectivity index (χ1v) is 15.4. The lowest BCUT2D eigenvalue weighted by Gasteiger charge is -2.26. The molecule has 0 fully saturated rings. The third-order valence-electron chi connectivity index (χ3n) is 8.21. The van der Waals surface area contributed by atoms with Gasteiger partial charge < -0.3 is 20.1 Å². The molecule has 230 valence electrons. The normalized spacial score (nSPS) is 11.5. The first kappa shape index (κ1) is 32.3. The van der Waals surface area contributed by atoms with E-state index in [9.17, 15) is 9.59 Å². The second-order valence-electron chi connectivity index (χ2n) is 12.1. The van der Waals surface area contributed by atoms with Gasteiger partial charge in [0.1, 0.15) is 11.5 Å². The van der Waals surface area contributed by atoms with E-state index in [2.05, 4.69) is 62.6 Å². The van der Waals surface area contributed by atoms with E-state index >= 15 is 0 Å². The maximum atomic E-state index is 12.2. The fourth-order valence-electron chi connectivity index (χ4n) is 5.19. The van der Waals surface area contributed by atoms with Crippen LogP contribution in [-0.2, 0) is 10.8 Å².